The number of carbonyl (C=O) groups excluding carboxylic acids is 3. The van der Waals surface area contributed by atoms with Crippen molar-refractivity contribution in [2.75, 3.05) is 0 Å². The second kappa shape index (κ2) is 10.4. The molecule has 0 spiro atoms. The molecule has 0 fully saturated rings. The van der Waals surface area contributed by atoms with Crippen LogP contribution < -0.4 is 5.32 Å². The highest BCUT2D eigenvalue weighted by atomic mass is 19.1. The maximum atomic E-state index is 12.9. The van der Waals surface area contributed by atoms with Crippen LogP contribution in [0.15, 0.2) is 24.3 Å². The van der Waals surface area contributed by atoms with Crippen LogP contribution in [0.3, 0.4) is 0 Å². The van der Waals surface area contributed by atoms with Crippen LogP contribution in [0.25, 0.3) is 0 Å². The van der Waals surface area contributed by atoms with Crippen molar-refractivity contribution < 1.29 is 28.6 Å². The van der Waals surface area contributed by atoms with Gasteiger partial charge in [-0.3, -0.25) is 9.59 Å². The van der Waals surface area contributed by atoms with Gasteiger partial charge in [0.1, 0.15) is 18.0 Å². The lowest BCUT2D eigenvalue weighted by Crippen LogP contribution is -2.47. The van der Waals surface area contributed by atoms with Gasteiger partial charge in [0, 0.05) is 12.8 Å². The number of ether oxygens (including phenoxy) is 1. The van der Waals surface area contributed by atoms with Crippen molar-refractivity contribution in [2.24, 2.45) is 0 Å². The van der Waals surface area contributed by atoms with E-state index in [9.17, 15) is 23.9 Å². The zero-order valence-corrected chi connectivity index (χ0v) is 14.7. The van der Waals surface area contributed by atoms with Crippen molar-refractivity contribution in [3.8, 4) is 0 Å². The van der Waals surface area contributed by atoms with E-state index in [-0.39, 0.29) is 19.3 Å². The molecule has 0 heterocycles. The number of aliphatic hydroxyl groups is 1. The predicted octanol–water partition coefficient (Wildman–Crippen LogP) is 1.16. The first-order chi connectivity index (χ1) is 12.2. The van der Waals surface area contributed by atoms with Gasteiger partial charge in [-0.2, -0.15) is 0 Å². The lowest BCUT2D eigenvalue weighted by molar-refractivity contribution is -0.152. The summed E-state index contributed by atoms with van der Waals surface area (Å²) < 4.78 is 17.9. The molecule has 0 bridgehead atoms. The van der Waals surface area contributed by atoms with Crippen molar-refractivity contribution in [3.63, 3.8) is 0 Å². The molecule has 1 aromatic carbocycles. The van der Waals surface area contributed by atoms with E-state index in [2.05, 4.69) is 5.32 Å². The van der Waals surface area contributed by atoms with Gasteiger partial charge in [0.25, 0.3) is 0 Å². The van der Waals surface area contributed by atoms with Gasteiger partial charge < -0.3 is 20.6 Å². The van der Waals surface area contributed by atoms with Crippen molar-refractivity contribution in [3.05, 3.63) is 35.6 Å². The average Bonchev–Trinajstić information content (AvgIpc) is 2.59. The first-order valence-corrected chi connectivity index (χ1v) is 8.19. The summed E-state index contributed by atoms with van der Waals surface area (Å²) >= 11 is 0. The van der Waals surface area contributed by atoms with Gasteiger partial charge in [-0.25, -0.2) is 9.18 Å². The molecule has 1 amide bonds. The highest BCUT2D eigenvalue weighted by molar-refractivity contribution is 6.26. The van der Waals surface area contributed by atoms with Gasteiger partial charge in [-0.05, 0) is 38.0 Å². The number of hydrogen-bond acceptors (Lipinski definition) is 6. The number of halogens is 1. The number of esters is 1. The number of carbonyl (C=O) groups is 3. The van der Waals surface area contributed by atoms with Crippen molar-refractivity contribution >= 4 is 23.9 Å². The summed E-state index contributed by atoms with van der Waals surface area (Å²) in [5.74, 6) is -2.45. The quantitative estimate of drug-likeness (QED) is 0.424. The fourth-order valence-electron chi connectivity index (χ4n) is 2.13. The van der Waals surface area contributed by atoms with Crippen LogP contribution in [0.5, 0.6) is 0 Å². The van der Waals surface area contributed by atoms with Gasteiger partial charge in [-0.1, -0.05) is 12.1 Å². The zero-order valence-electron chi connectivity index (χ0n) is 14.7. The Balaban J connectivity index is 2.71. The maximum Gasteiger partial charge on any atom is 0.328 e. The molecule has 0 aliphatic carbocycles. The Morgan fingerprint density at radius 1 is 1.27 bits per heavy atom. The summed E-state index contributed by atoms with van der Waals surface area (Å²) in [6.45, 7) is 3.28. The molecule has 2 atom stereocenters. The van der Waals surface area contributed by atoms with E-state index in [1.165, 1.54) is 24.3 Å². The number of aliphatic hydroxyl groups excluding tert-OH is 1. The third kappa shape index (κ3) is 7.52. The van der Waals surface area contributed by atoms with E-state index in [0.717, 1.165) is 0 Å². The molecule has 0 saturated carbocycles. The summed E-state index contributed by atoms with van der Waals surface area (Å²) in [4.78, 5) is 35.5. The van der Waals surface area contributed by atoms with E-state index in [4.69, 9.17) is 10.1 Å². The summed E-state index contributed by atoms with van der Waals surface area (Å²) in [5, 5.41) is 19.3. The zero-order chi connectivity index (χ0) is 19.7. The Hall–Kier alpha value is -2.61. The number of amides is 1. The third-order valence-corrected chi connectivity index (χ3v) is 3.44. The monoisotopic (exact) mass is 366 g/mol. The van der Waals surface area contributed by atoms with Crippen molar-refractivity contribution in [2.45, 2.75) is 51.4 Å². The second-order valence-corrected chi connectivity index (χ2v) is 6.04. The summed E-state index contributed by atoms with van der Waals surface area (Å²) in [5.41, 5.74) is 0.550. The van der Waals surface area contributed by atoms with Gasteiger partial charge >= 0.3 is 5.97 Å². The van der Waals surface area contributed by atoms with Gasteiger partial charge in [0.05, 0.1) is 12.3 Å². The fraction of sp³-hybridized carbons (Fsp3) is 0.444. The van der Waals surface area contributed by atoms with Crippen LogP contribution in [-0.2, 0) is 25.5 Å². The normalized spacial score (nSPS) is 13.0. The Morgan fingerprint density at radius 2 is 1.88 bits per heavy atom. The lowest BCUT2D eigenvalue weighted by atomic mass is 10.1. The Labute approximate surface area is 151 Å². The van der Waals surface area contributed by atoms with Crippen LogP contribution >= 0.6 is 0 Å². The molecule has 3 N–H and O–H groups in total. The number of benzene rings is 1. The average molecular weight is 366 g/mol. The van der Waals surface area contributed by atoms with E-state index in [1.54, 1.807) is 13.8 Å². The predicted molar refractivity (Wildman–Crippen MR) is 92.3 cm³/mol. The minimum Gasteiger partial charge on any atom is -0.461 e. The molecule has 0 aromatic heterocycles. The number of hydrogen-bond donors (Lipinski definition) is 3. The van der Waals surface area contributed by atoms with Gasteiger partial charge in [-0.15, -0.1) is 0 Å². The van der Waals surface area contributed by atoms with E-state index in [1.807, 2.05) is 0 Å². The lowest BCUT2D eigenvalue weighted by Gasteiger charge is -2.20. The highest BCUT2D eigenvalue weighted by Gasteiger charge is 2.26. The van der Waals surface area contributed by atoms with E-state index in [0.29, 0.717) is 11.8 Å². The molecule has 0 saturated heterocycles. The van der Waals surface area contributed by atoms with Crippen LogP contribution in [0.4, 0.5) is 4.39 Å². The molecule has 7 nitrogen and oxygen atoms in total. The molecule has 1 rings (SSSR count). The Morgan fingerprint density at radius 3 is 2.42 bits per heavy atom. The molecule has 8 heteroatoms. The minimum absolute atomic E-state index is 0.0469. The van der Waals surface area contributed by atoms with Gasteiger partial charge in [0.2, 0.25) is 5.91 Å². The molecule has 0 radical (unpaired) electrons. The molecule has 142 valence electrons. The Bertz CT molecular complexity index is 645. The first-order valence-electron chi connectivity index (χ1n) is 8.19. The molecular weight excluding hydrogens is 343 g/mol. The highest BCUT2D eigenvalue weighted by Crippen LogP contribution is 2.08. The molecule has 0 unspecified atom stereocenters. The fourth-order valence-corrected chi connectivity index (χ4v) is 2.13. The van der Waals surface area contributed by atoms with Gasteiger partial charge in [0.15, 0.2) is 5.78 Å². The molecule has 0 aliphatic rings. The van der Waals surface area contributed by atoms with Crippen molar-refractivity contribution in [1.82, 2.24) is 5.32 Å². The third-order valence-electron chi connectivity index (χ3n) is 3.44. The van der Waals surface area contributed by atoms with Crippen LogP contribution in [0, 0.1) is 11.2 Å². The molecular formula is C18H23FN2O5. The smallest absolute Gasteiger partial charge is 0.328 e. The minimum atomic E-state index is -1.45. The summed E-state index contributed by atoms with van der Waals surface area (Å²) in [6.07, 6.45) is -1.45. The van der Waals surface area contributed by atoms with Crippen LogP contribution in [-0.4, -0.2) is 47.2 Å². The van der Waals surface area contributed by atoms with Crippen LogP contribution in [0.2, 0.25) is 0 Å². The number of rotatable bonds is 10. The summed E-state index contributed by atoms with van der Waals surface area (Å²) in [6, 6.07) is 4.20. The maximum absolute atomic E-state index is 12.9. The molecule has 26 heavy (non-hydrogen) atoms. The molecule has 1 aromatic rings. The van der Waals surface area contributed by atoms with E-state index < -0.39 is 41.7 Å². The standard InChI is InChI=1S/C18H23FN2O5/c1-11(2)26-18(25)15(8-7-14(22)10-20)21-17(24)16(23)9-12-3-5-13(19)6-4-12/h3-6,10-11,15-16,20,23H,7-9H2,1-2H3,(H,21,24)/t15-,16-/m0/s1. The van der Waals surface area contributed by atoms with Crippen molar-refractivity contribution in [1.29, 1.82) is 5.41 Å². The number of nitrogens with one attached hydrogen (secondary N) is 2. The van der Waals surface area contributed by atoms with E-state index >= 15 is 0 Å². The largest absolute Gasteiger partial charge is 0.461 e. The number of Topliss-reactive ketones (excluding diaryl/α,β-unsaturated/α-hetero) is 1. The molecule has 0 aliphatic heterocycles. The summed E-state index contributed by atoms with van der Waals surface area (Å²) in [7, 11) is 0. The first kappa shape index (κ1) is 21.4. The topological polar surface area (TPSA) is 117 Å². The number of ketones is 1. The SMILES string of the molecule is CC(C)OC(=O)[C@H](CCC(=O)C=N)NC(=O)[C@@H](O)Cc1ccc(F)cc1. The second-order valence-electron chi connectivity index (χ2n) is 6.04. The Kier molecular flexibility index (Phi) is 8.57. The van der Waals surface area contributed by atoms with Crippen LogP contribution in [0.1, 0.15) is 32.3 Å².